The van der Waals surface area contributed by atoms with Crippen LogP contribution in [0.15, 0.2) is 47.4 Å². The average molecular weight is 327 g/mol. The predicted octanol–water partition coefficient (Wildman–Crippen LogP) is 5.87. The number of hydrogen-bond acceptors (Lipinski definition) is 2. The highest BCUT2D eigenvalue weighted by Crippen LogP contribution is 2.30. The van der Waals surface area contributed by atoms with Crippen LogP contribution in [-0.4, -0.2) is 11.2 Å². The van der Waals surface area contributed by atoms with Crippen LogP contribution in [0.3, 0.4) is 0 Å². The number of thioether (sulfide) groups is 1. The van der Waals surface area contributed by atoms with Crippen LogP contribution in [0, 0.1) is 6.92 Å². The van der Waals surface area contributed by atoms with Gasteiger partial charge in [0.15, 0.2) is 0 Å². The van der Waals surface area contributed by atoms with Gasteiger partial charge in [0.2, 0.25) is 0 Å². The van der Waals surface area contributed by atoms with Gasteiger partial charge < -0.3 is 5.32 Å². The third kappa shape index (κ3) is 4.38. The van der Waals surface area contributed by atoms with Gasteiger partial charge in [-0.25, -0.2) is 0 Å². The average Bonchev–Trinajstić information content (AvgIpc) is 2.48. The van der Waals surface area contributed by atoms with Gasteiger partial charge >= 0.3 is 0 Å². The second-order valence-corrected chi connectivity index (χ2v) is 7.93. The molecule has 1 amide bonds. The number of rotatable bonds is 5. The summed E-state index contributed by atoms with van der Waals surface area (Å²) in [6.07, 6.45) is 0. The predicted molar refractivity (Wildman–Crippen MR) is 101 cm³/mol. The molecule has 2 nitrogen and oxygen atoms in total. The molecule has 0 heterocycles. The van der Waals surface area contributed by atoms with Gasteiger partial charge in [0.05, 0.1) is 5.56 Å². The summed E-state index contributed by atoms with van der Waals surface area (Å²) in [6.45, 7) is 10.6. The molecule has 0 atom stereocenters. The quantitative estimate of drug-likeness (QED) is 0.696. The van der Waals surface area contributed by atoms with E-state index in [0.717, 1.165) is 21.7 Å². The summed E-state index contributed by atoms with van der Waals surface area (Å²) < 4.78 is 0. The van der Waals surface area contributed by atoms with Crippen molar-refractivity contribution in [2.45, 2.75) is 50.7 Å². The monoisotopic (exact) mass is 327 g/mol. The first-order valence-corrected chi connectivity index (χ1v) is 8.94. The van der Waals surface area contributed by atoms with Crippen LogP contribution in [0.4, 0.5) is 5.69 Å². The molecule has 0 saturated heterocycles. The summed E-state index contributed by atoms with van der Waals surface area (Å²) in [6, 6.07) is 14.0. The maximum Gasteiger partial charge on any atom is 0.256 e. The van der Waals surface area contributed by atoms with Gasteiger partial charge in [-0.2, -0.15) is 0 Å². The molecule has 0 aromatic heterocycles. The maximum absolute atomic E-state index is 12.8. The van der Waals surface area contributed by atoms with Crippen LogP contribution in [0.25, 0.3) is 0 Å². The minimum atomic E-state index is -0.0371. The number of nitrogens with one attached hydrogen (secondary N) is 1. The molecule has 2 aromatic carbocycles. The molecule has 0 spiro atoms. The van der Waals surface area contributed by atoms with Crippen molar-refractivity contribution in [1.82, 2.24) is 0 Å². The molecule has 23 heavy (non-hydrogen) atoms. The summed E-state index contributed by atoms with van der Waals surface area (Å²) >= 11 is 1.72. The van der Waals surface area contributed by atoms with Crippen LogP contribution >= 0.6 is 11.8 Å². The zero-order valence-electron chi connectivity index (χ0n) is 14.5. The van der Waals surface area contributed by atoms with Crippen molar-refractivity contribution in [2.24, 2.45) is 0 Å². The van der Waals surface area contributed by atoms with E-state index in [1.54, 1.807) is 11.8 Å². The lowest BCUT2D eigenvalue weighted by molar-refractivity contribution is 0.102. The number of para-hydroxylation sites is 1. The SMILES string of the molecule is Cc1cccc(C(C)C)c1NC(=O)c1ccccc1SC(C)C. The molecule has 1 N–H and O–H groups in total. The standard InChI is InChI=1S/C20H25NOS/c1-13(2)16-11-8-9-15(5)19(16)21-20(22)17-10-6-7-12-18(17)23-14(3)4/h6-14H,1-5H3,(H,21,22). The van der Waals surface area contributed by atoms with E-state index in [-0.39, 0.29) is 5.91 Å². The number of hydrogen-bond donors (Lipinski definition) is 1. The van der Waals surface area contributed by atoms with Crippen molar-refractivity contribution in [3.63, 3.8) is 0 Å². The highest BCUT2D eigenvalue weighted by molar-refractivity contribution is 8.00. The van der Waals surface area contributed by atoms with Gasteiger partial charge in [-0.1, -0.05) is 58.0 Å². The molecule has 0 aliphatic heterocycles. The Kier molecular flexibility index (Phi) is 5.89. The Balaban J connectivity index is 2.34. The smallest absolute Gasteiger partial charge is 0.256 e. The third-order valence-corrected chi connectivity index (χ3v) is 4.74. The van der Waals surface area contributed by atoms with Gasteiger partial charge in [0.1, 0.15) is 0 Å². The first-order chi connectivity index (χ1) is 10.9. The third-order valence-electron chi connectivity index (χ3n) is 3.66. The number of amides is 1. The summed E-state index contributed by atoms with van der Waals surface area (Å²) in [5, 5.41) is 3.58. The van der Waals surface area contributed by atoms with E-state index in [0.29, 0.717) is 11.2 Å². The maximum atomic E-state index is 12.8. The van der Waals surface area contributed by atoms with Crippen molar-refractivity contribution in [3.8, 4) is 0 Å². The molecule has 0 saturated carbocycles. The van der Waals surface area contributed by atoms with Crippen LogP contribution < -0.4 is 5.32 Å². The van der Waals surface area contributed by atoms with E-state index >= 15 is 0 Å². The van der Waals surface area contributed by atoms with E-state index in [9.17, 15) is 4.79 Å². The van der Waals surface area contributed by atoms with Crippen LogP contribution in [0.5, 0.6) is 0 Å². The molecule has 122 valence electrons. The fourth-order valence-corrected chi connectivity index (χ4v) is 3.49. The van der Waals surface area contributed by atoms with E-state index in [2.05, 4.69) is 39.1 Å². The largest absolute Gasteiger partial charge is 0.321 e. The van der Waals surface area contributed by atoms with Gasteiger partial charge in [-0.3, -0.25) is 4.79 Å². The highest BCUT2D eigenvalue weighted by Gasteiger charge is 2.16. The Morgan fingerprint density at radius 2 is 1.70 bits per heavy atom. The fraction of sp³-hybridized carbons (Fsp3) is 0.350. The van der Waals surface area contributed by atoms with Crippen molar-refractivity contribution >= 4 is 23.4 Å². The number of carbonyl (C=O) groups is 1. The molecular formula is C20H25NOS. The molecule has 2 rings (SSSR count). The van der Waals surface area contributed by atoms with Crippen LogP contribution in [0.1, 0.15) is 55.1 Å². The number of anilines is 1. The number of aryl methyl sites for hydroxylation is 1. The van der Waals surface area contributed by atoms with E-state index in [4.69, 9.17) is 0 Å². The number of carbonyl (C=O) groups excluding carboxylic acids is 1. The zero-order chi connectivity index (χ0) is 17.0. The number of benzene rings is 2. The Morgan fingerprint density at radius 1 is 1.00 bits per heavy atom. The van der Waals surface area contributed by atoms with Crippen molar-refractivity contribution < 1.29 is 4.79 Å². The first kappa shape index (κ1) is 17.6. The van der Waals surface area contributed by atoms with E-state index in [1.807, 2.05) is 43.3 Å². The molecular weight excluding hydrogens is 302 g/mol. The normalized spacial score (nSPS) is 11.1. The second-order valence-electron chi connectivity index (χ2n) is 6.31. The topological polar surface area (TPSA) is 29.1 Å². The molecule has 0 aliphatic carbocycles. The summed E-state index contributed by atoms with van der Waals surface area (Å²) in [7, 11) is 0. The molecule has 0 bridgehead atoms. The molecule has 2 aromatic rings. The van der Waals surface area contributed by atoms with E-state index in [1.165, 1.54) is 5.56 Å². The van der Waals surface area contributed by atoms with Gasteiger partial charge in [-0.05, 0) is 36.1 Å². The molecule has 0 fully saturated rings. The van der Waals surface area contributed by atoms with Gasteiger partial charge in [0.25, 0.3) is 5.91 Å². The van der Waals surface area contributed by atoms with Crippen molar-refractivity contribution in [2.75, 3.05) is 5.32 Å². The second kappa shape index (κ2) is 7.69. The van der Waals surface area contributed by atoms with Crippen molar-refractivity contribution in [3.05, 3.63) is 59.2 Å². The van der Waals surface area contributed by atoms with Crippen molar-refractivity contribution in [1.29, 1.82) is 0 Å². The van der Waals surface area contributed by atoms with Gasteiger partial charge in [0, 0.05) is 15.8 Å². The zero-order valence-corrected chi connectivity index (χ0v) is 15.3. The Bertz CT molecular complexity index is 692. The Morgan fingerprint density at radius 3 is 2.35 bits per heavy atom. The van der Waals surface area contributed by atoms with Gasteiger partial charge in [-0.15, -0.1) is 11.8 Å². The summed E-state index contributed by atoms with van der Waals surface area (Å²) in [5.74, 6) is 0.329. The minimum absolute atomic E-state index is 0.0371. The lowest BCUT2D eigenvalue weighted by Crippen LogP contribution is -2.16. The summed E-state index contributed by atoms with van der Waals surface area (Å²) in [5.41, 5.74) is 3.95. The lowest BCUT2D eigenvalue weighted by Gasteiger charge is -2.17. The fourth-order valence-electron chi connectivity index (χ4n) is 2.53. The Labute approximate surface area is 143 Å². The molecule has 0 aliphatic rings. The van der Waals surface area contributed by atoms with Crippen LogP contribution in [0.2, 0.25) is 0 Å². The van der Waals surface area contributed by atoms with E-state index < -0.39 is 0 Å². The summed E-state index contributed by atoms with van der Waals surface area (Å²) in [4.78, 5) is 13.8. The Hall–Kier alpha value is -1.74. The highest BCUT2D eigenvalue weighted by atomic mass is 32.2. The molecule has 0 radical (unpaired) electrons. The molecule has 0 unspecified atom stereocenters. The first-order valence-electron chi connectivity index (χ1n) is 8.06. The van der Waals surface area contributed by atoms with Crippen LogP contribution in [-0.2, 0) is 0 Å². The molecule has 3 heteroatoms. The lowest BCUT2D eigenvalue weighted by atomic mass is 9.98. The minimum Gasteiger partial charge on any atom is -0.321 e.